The Morgan fingerprint density at radius 3 is 2.43 bits per heavy atom. The van der Waals surface area contributed by atoms with Crippen LogP contribution in [0.25, 0.3) is 0 Å². The number of fused-ring (bicyclic) bond motifs is 3. The van der Waals surface area contributed by atoms with E-state index in [1.165, 1.54) is 27.6 Å². The Labute approximate surface area is 268 Å². The molecule has 0 saturated heterocycles. The number of carbonyl (C=O) groups is 3. The van der Waals surface area contributed by atoms with Crippen molar-refractivity contribution in [3.8, 4) is 5.75 Å². The fourth-order valence-corrected chi connectivity index (χ4v) is 6.51. The third kappa shape index (κ3) is 6.96. The molecule has 1 aromatic heterocycles. The van der Waals surface area contributed by atoms with Crippen LogP contribution in [0.1, 0.15) is 59.9 Å². The SMILES string of the molecule is CCCC(=O)OC(=O)Oc1c2n(ccc1=O)N([C@@H]1c3ccccc3SCc3c(Cl)cccc31)CN([C@H](C)C(F)(F)F)C2=O.O=C=O. The predicted molar refractivity (Wildman–Crippen MR) is 157 cm³/mol. The molecule has 0 fully saturated rings. The lowest BCUT2D eigenvalue weighted by molar-refractivity contribution is -0.191. The second-order valence-corrected chi connectivity index (χ2v) is 11.4. The summed E-state index contributed by atoms with van der Waals surface area (Å²) in [6.07, 6.45) is -4.69. The van der Waals surface area contributed by atoms with Gasteiger partial charge in [-0.1, -0.05) is 48.9 Å². The van der Waals surface area contributed by atoms with E-state index in [1.54, 1.807) is 31.2 Å². The van der Waals surface area contributed by atoms with Gasteiger partial charge in [0.15, 0.2) is 5.69 Å². The lowest BCUT2D eigenvalue weighted by Crippen LogP contribution is -2.60. The number of aromatic nitrogens is 1. The number of thioether (sulfide) groups is 1. The quantitative estimate of drug-likeness (QED) is 0.253. The highest BCUT2D eigenvalue weighted by atomic mass is 35.5. The second-order valence-electron chi connectivity index (χ2n) is 9.97. The first kappa shape index (κ1) is 34.3. The minimum absolute atomic E-state index is 0.119. The van der Waals surface area contributed by atoms with Gasteiger partial charge in [0, 0.05) is 34.4 Å². The van der Waals surface area contributed by atoms with Crippen LogP contribution in [0.15, 0.2) is 64.4 Å². The maximum atomic E-state index is 14.1. The van der Waals surface area contributed by atoms with E-state index < -0.39 is 59.8 Å². The van der Waals surface area contributed by atoms with Crippen molar-refractivity contribution >= 4 is 47.5 Å². The summed E-state index contributed by atoms with van der Waals surface area (Å²) >= 11 is 8.10. The summed E-state index contributed by atoms with van der Waals surface area (Å²) in [6.45, 7) is 1.95. The number of nitrogens with zero attached hydrogens (tertiary/aromatic N) is 3. The molecule has 0 saturated carbocycles. The zero-order valence-corrected chi connectivity index (χ0v) is 25.8. The van der Waals surface area contributed by atoms with Crippen molar-refractivity contribution in [3.05, 3.63) is 92.4 Å². The molecular formula is C30H25ClF3N3O8S. The standard InChI is InChI=1S/C29H25ClF3N3O6S.CO2/c1-3-7-23(38)41-28(40)42-26-21(37)12-13-35-25(26)27(39)34(16(2)29(31,32)33)15-36(35)24-17-9-6-10-20(30)19(17)14-43-22-11-5-4-8-18(22)24;2-1-3/h4-6,8-13,16,24H,3,7,14-15H2,1-2H3;/t16-,24+;/m1./s1. The molecule has 11 nitrogen and oxygen atoms in total. The predicted octanol–water partition coefficient (Wildman–Crippen LogP) is 5.46. The van der Waals surface area contributed by atoms with E-state index in [0.717, 1.165) is 29.0 Å². The summed E-state index contributed by atoms with van der Waals surface area (Å²) in [6, 6.07) is 10.5. The molecule has 242 valence electrons. The second kappa shape index (κ2) is 14.2. The van der Waals surface area contributed by atoms with E-state index in [2.05, 4.69) is 4.74 Å². The van der Waals surface area contributed by atoms with Crippen LogP contribution < -0.4 is 15.2 Å². The summed E-state index contributed by atoms with van der Waals surface area (Å²) in [7, 11) is 0. The number of benzene rings is 2. The highest BCUT2D eigenvalue weighted by Crippen LogP contribution is 2.45. The number of alkyl halides is 3. The van der Waals surface area contributed by atoms with Gasteiger partial charge < -0.3 is 14.4 Å². The highest BCUT2D eigenvalue weighted by Gasteiger charge is 2.48. The van der Waals surface area contributed by atoms with Crippen LogP contribution in [0.5, 0.6) is 5.75 Å². The molecule has 2 aromatic carbocycles. The molecule has 0 radical (unpaired) electrons. The Morgan fingerprint density at radius 1 is 1.09 bits per heavy atom. The van der Waals surface area contributed by atoms with Crippen molar-refractivity contribution < 1.29 is 46.6 Å². The van der Waals surface area contributed by atoms with Gasteiger partial charge in [-0.15, -0.1) is 11.8 Å². The molecule has 2 aliphatic heterocycles. The average Bonchev–Trinajstić information content (AvgIpc) is 3.16. The molecule has 0 spiro atoms. The molecule has 0 unspecified atom stereocenters. The maximum absolute atomic E-state index is 14.1. The molecule has 0 aliphatic carbocycles. The largest absolute Gasteiger partial charge is 0.521 e. The van der Waals surface area contributed by atoms with E-state index in [-0.39, 0.29) is 12.6 Å². The molecule has 3 aromatic rings. The highest BCUT2D eigenvalue weighted by molar-refractivity contribution is 7.98. The van der Waals surface area contributed by atoms with E-state index in [0.29, 0.717) is 27.7 Å². The first-order valence-corrected chi connectivity index (χ1v) is 15.0. The van der Waals surface area contributed by atoms with Crippen LogP contribution >= 0.6 is 23.4 Å². The topological polar surface area (TPSA) is 132 Å². The zero-order chi connectivity index (χ0) is 33.8. The fraction of sp³-hybridized carbons (Fsp3) is 0.300. The van der Waals surface area contributed by atoms with Crippen molar-refractivity contribution in [2.75, 3.05) is 11.7 Å². The monoisotopic (exact) mass is 679 g/mol. The van der Waals surface area contributed by atoms with Crippen LogP contribution in [-0.2, 0) is 24.9 Å². The van der Waals surface area contributed by atoms with E-state index in [9.17, 15) is 32.3 Å². The van der Waals surface area contributed by atoms with Gasteiger partial charge in [0.25, 0.3) is 5.91 Å². The van der Waals surface area contributed by atoms with Gasteiger partial charge >= 0.3 is 24.5 Å². The van der Waals surface area contributed by atoms with Gasteiger partial charge in [-0.2, -0.15) is 22.8 Å². The molecule has 1 amide bonds. The minimum Gasteiger partial charge on any atom is -0.388 e. The number of hydrogen-bond donors (Lipinski definition) is 0. The molecule has 2 aliphatic rings. The number of amides is 1. The van der Waals surface area contributed by atoms with Crippen molar-refractivity contribution in [1.29, 1.82) is 0 Å². The number of halogens is 4. The summed E-state index contributed by atoms with van der Waals surface area (Å²) in [5, 5.41) is 1.94. The van der Waals surface area contributed by atoms with Gasteiger partial charge in [0.2, 0.25) is 11.2 Å². The molecular weight excluding hydrogens is 655 g/mol. The lowest BCUT2D eigenvalue weighted by atomic mass is 9.94. The maximum Gasteiger partial charge on any atom is 0.521 e. The Bertz CT molecular complexity index is 1760. The number of ether oxygens (including phenoxy) is 2. The molecule has 16 heteroatoms. The summed E-state index contributed by atoms with van der Waals surface area (Å²) in [4.78, 5) is 68.7. The minimum atomic E-state index is -4.83. The van der Waals surface area contributed by atoms with Gasteiger partial charge in [-0.25, -0.2) is 4.79 Å². The number of esters is 1. The lowest BCUT2D eigenvalue weighted by Gasteiger charge is -2.46. The van der Waals surface area contributed by atoms with Crippen LogP contribution in [0.4, 0.5) is 18.0 Å². The first-order valence-electron chi connectivity index (χ1n) is 13.6. The smallest absolute Gasteiger partial charge is 0.388 e. The Hall–Kier alpha value is -4.59. The Balaban J connectivity index is 0.00000154. The fourth-order valence-electron chi connectivity index (χ4n) is 5.04. The number of carbonyl (C=O) groups excluding carboxylic acids is 5. The zero-order valence-electron chi connectivity index (χ0n) is 24.2. The average molecular weight is 680 g/mol. The Kier molecular flexibility index (Phi) is 10.6. The summed E-state index contributed by atoms with van der Waals surface area (Å²) in [5.74, 6) is -2.53. The number of hydrogen-bond acceptors (Lipinski definition) is 10. The third-order valence-corrected chi connectivity index (χ3v) is 8.65. The van der Waals surface area contributed by atoms with E-state index >= 15 is 0 Å². The third-order valence-electron chi connectivity index (χ3n) is 7.18. The normalized spacial score (nSPS) is 16.0. The molecule has 0 N–H and O–H groups in total. The number of pyridine rings is 1. The van der Waals surface area contributed by atoms with Crippen molar-refractivity contribution in [1.82, 2.24) is 9.58 Å². The van der Waals surface area contributed by atoms with Crippen molar-refractivity contribution in [3.63, 3.8) is 0 Å². The van der Waals surface area contributed by atoms with Crippen LogP contribution in [0.2, 0.25) is 5.02 Å². The van der Waals surface area contributed by atoms with Crippen LogP contribution in [0.3, 0.4) is 0 Å². The molecule has 3 heterocycles. The van der Waals surface area contributed by atoms with Gasteiger partial charge in [0.1, 0.15) is 12.7 Å². The summed E-state index contributed by atoms with van der Waals surface area (Å²) < 4.78 is 53.2. The van der Waals surface area contributed by atoms with Crippen molar-refractivity contribution in [2.24, 2.45) is 0 Å². The Morgan fingerprint density at radius 2 is 1.76 bits per heavy atom. The molecule has 46 heavy (non-hydrogen) atoms. The molecule has 0 bridgehead atoms. The first-order chi connectivity index (χ1) is 21.8. The van der Waals surface area contributed by atoms with Gasteiger partial charge in [-0.3, -0.25) is 24.1 Å². The van der Waals surface area contributed by atoms with Gasteiger partial charge in [-0.05, 0) is 42.2 Å². The number of rotatable bonds is 5. The van der Waals surface area contributed by atoms with Gasteiger partial charge in [0.05, 0.1) is 6.04 Å². The van der Waals surface area contributed by atoms with Crippen LogP contribution in [-0.4, -0.2) is 52.6 Å². The van der Waals surface area contributed by atoms with Crippen LogP contribution in [0, 0.1) is 0 Å². The molecule has 2 atom stereocenters. The van der Waals surface area contributed by atoms with E-state index in [4.69, 9.17) is 25.9 Å². The van der Waals surface area contributed by atoms with Crippen molar-refractivity contribution in [2.45, 2.75) is 55.6 Å². The molecule has 5 rings (SSSR count). The summed E-state index contributed by atoms with van der Waals surface area (Å²) in [5.41, 5.74) is 0.545. The van der Waals surface area contributed by atoms with E-state index in [1.807, 2.05) is 18.2 Å².